The molecule has 3 aromatic rings. The van der Waals surface area contributed by atoms with Crippen LogP contribution >= 0.6 is 15.9 Å². The number of aromatic nitrogens is 2. The Morgan fingerprint density at radius 2 is 1.84 bits per heavy atom. The quantitative estimate of drug-likeness (QED) is 0.669. The van der Waals surface area contributed by atoms with Crippen molar-refractivity contribution in [3.8, 4) is 0 Å². The van der Waals surface area contributed by atoms with E-state index in [1.54, 1.807) is 12.3 Å². The Kier molecular flexibility index (Phi) is 5.40. The Morgan fingerprint density at radius 3 is 2.60 bits per heavy atom. The lowest BCUT2D eigenvalue weighted by Crippen LogP contribution is -2.15. The molecule has 25 heavy (non-hydrogen) atoms. The standard InChI is InChI=1S/C19H17BrN4O/c1-13-6-8-14(9-7-13)12-22-19-21-11-10-17(24-19)18(25)23-16-5-3-2-4-15(16)20/h2-11H,12H2,1H3,(H,23,25)(H,21,22,24). The number of carbonyl (C=O) groups is 1. The summed E-state index contributed by atoms with van der Waals surface area (Å²) in [4.78, 5) is 20.8. The largest absolute Gasteiger partial charge is 0.350 e. The number of aryl methyl sites for hydroxylation is 1. The van der Waals surface area contributed by atoms with E-state index in [0.717, 1.165) is 10.0 Å². The van der Waals surface area contributed by atoms with Crippen molar-refractivity contribution >= 4 is 33.5 Å². The molecular formula is C19H17BrN4O. The molecule has 0 unspecified atom stereocenters. The zero-order valence-electron chi connectivity index (χ0n) is 13.7. The molecule has 0 bridgehead atoms. The summed E-state index contributed by atoms with van der Waals surface area (Å²) in [7, 11) is 0. The average Bonchev–Trinajstić information content (AvgIpc) is 2.63. The highest BCUT2D eigenvalue weighted by Crippen LogP contribution is 2.21. The van der Waals surface area contributed by atoms with Crippen molar-refractivity contribution in [2.24, 2.45) is 0 Å². The van der Waals surface area contributed by atoms with Crippen LogP contribution in [0.2, 0.25) is 0 Å². The van der Waals surface area contributed by atoms with E-state index in [1.165, 1.54) is 5.56 Å². The molecule has 0 aliphatic heterocycles. The first kappa shape index (κ1) is 17.1. The highest BCUT2D eigenvalue weighted by molar-refractivity contribution is 9.10. The fourth-order valence-corrected chi connectivity index (χ4v) is 2.59. The molecule has 126 valence electrons. The third-order valence-corrected chi connectivity index (χ3v) is 4.27. The molecule has 0 atom stereocenters. The molecule has 0 saturated carbocycles. The lowest BCUT2D eigenvalue weighted by Gasteiger charge is -2.08. The van der Waals surface area contributed by atoms with Crippen LogP contribution in [0.4, 0.5) is 11.6 Å². The van der Waals surface area contributed by atoms with Gasteiger partial charge in [-0.25, -0.2) is 9.97 Å². The van der Waals surface area contributed by atoms with Crippen LogP contribution in [0.25, 0.3) is 0 Å². The second kappa shape index (κ2) is 7.90. The van der Waals surface area contributed by atoms with Crippen LogP contribution in [-0.2, 0) is 6.54 Å². The van der Waals surface area contributed by atoms with Crippen LogP contribution in [-0.4, -0.2) is 15.9 Å². The maximum absolute atomic E-state index is 12.4. The summed E-state index contributed by atoms with van der Waals surface area (Å²) in [5.41, 5.74) is 3.33. The number of anilines is 2. The number of hydrogen-bond acceptors (Lipinski definition) is 4. The molecule has 0 radical (unpaired) electrons. The third-order valence-electron chi connectivity index (χ3n) is 3.58. The highest BCUT2D eigenvalue weighted by Gasteiger charge is 2.10. The fourth-order valence-electron chi connectivity index (χ4n) is 2.21. The van der Waals surface area contributed by atoms with E-state index >= 15 is 0 Å². The monoisotopic (exact) mass is 396 g/mol. The topological polar surface area (TPSA) is 66.9 Å². The summed E-state index contributed by atoms with van der Waals surface area (Å²) in [6.07, 6.45) is 1.57. The lowest BCUT2D eigenvalue weighted by molar-refractivity contribution is 0.102. The van der Waals surface area contributed by atoms with Gasteiger partial charge >= 0.3 is 0 Å². The summed E-state index contributed by atoms with van der Waals surface area (Å²) < 4.78 is 0.815. The van der Waals surface area contributed by atoms with E-state index < -0.39 is 0 Å². The van der Waals surface area contributed by atoms with Gasteiger partial charge in [-0.05, 0) is 46.6 Å². The van der Waals surface area contributed by atoms with Crippen molar-refractivity contribution in [2.45, 2.75) is 13.5 Å². The Morgan fingerprint density at radius 1 is 1.08 bits per heavy atom. The highest BCUT2D eigenvalue weighted by atomic mass is 79.9. The van der Waals surface area contributed by atoms with Crippen LogP contribution in [0.1, 0.15) is 21.6 Å². The van der Waals surface area contributed by atoms with Gasteiger partial charge in [-0.2, -0.15) is 0 Å². The minimum Gasteiger partial charge on any atom is -0.350 e. The predicted molar refractivity (Wildman–Crippen MR) is 103 cm³/mol. The second-order valence-corrected chi connectivity index (χ2v) is 6.39. The number of amides is 1. The molecule has 0 aliphatic carbocycles. The van der Waals surface area contributed by atoms with Crippen molar-refractivity contribution in [2.75, 3.05) is 10.6 Å². The molecular weight excluding hydrogens is 380 g/mol. The molecule has 0 fully saturated rings. The lowest BCUT2D eigenvalue weighted by atomic mass is 10.1. The van der Waals surface area contributed by atoms with Gasteiger partial charge in [0.25, 0.3) is 5.91 Å². The summed E-state index contributed by atoms with van der Waals surface area (Å²) in [5, 5.41) is 5.97. The number of para-hydroxylation sites is 1. The van der Waals surface area contributed by atoms with Crippen molar-refractivity contribution in [1.82, 2.24) is 9.97 Å². The molecule has 5 nitrogen and oxygen atoms in total. The molecule has 1 heterocycles. The fraction of sp³-hybridized carbons (Fsp3) is 0.105. The van der Waals surface area contributed by atoms with Crippen LogP contribution in [0.3, 0.4) is 0 Å². The Hall–Kier alpha value is -2.73. The molecule has 1 amide bonds. The van der Waals surface area contributed by atoms with Gasteiger partial charge in [-0.15, -0.1) is 0 Å². The number of rotatable bonds is 5. The molecule has 2 aromatic carbocycles. The average molecular weight is 397 g/mol. The molecule has 3 rings (SSSR count). The van der Waals surface area contributed by atoms with Crippen molar-refractivity contribution in [3.63, 3.8) is 0 Å². The third kappa shape index (κ3) is 4.64. The number of nitrogens with zero attached hydrogens (tertiary/aromatic N) is 2. The van der Waals surface area contributed by atoms with Gasteiger partial charge in [0.15, 0.2) is 0 Å². The maximum atomic E-state index is 12.4. The predicted octanol–water partition coefficient (Wildman–Crippen LogP) is 4.41. The van der Waals surface area contributed by atoms with Gasteiger partial charge < -0.3 is 10.6 Å². The van der Waals surface area contributed by atoms with Gasteiger partial charge in [0, 0.05) is 17.2 Å². The minimum atomic E-state index is -0.285. The van der Waals surface area contributed by atoms with E-state index in [1.807, 2.05) is 43.3 Å². The summed E-state index contributed by atoms with van der Waals surface area (Å²) in [5.74, 6) is 0.132. The van der Waals surface area contributed by atoms with Crippen molar-refractivity contribution in [1.29, 1.82) is 0 Å². The Labute approximate surface area is 154 Å². The summed E-state index contributed by atoms with van der Waals surface area (Å²) in [6, 6.07) is 17.2. The molecule has 1 aromatic heterocycles. The zero-order chi connectivity index (χ0) is 17.6. The van der Waals surface area contributed by atoms with E-state index in [0.29, 0.717) is 23.9 Å². The van der Waals surface area contributed by atoms with Gasteiger partial charge in [0.1, 0.15) is 5.69 Å². The smallest absolute Gasteiger partial charge is 0.274 e. The van der Waals surface area contributed by atoms with Gasteiger partial charge in [0.05, 0.1) is 5.69 Å². The zero-order valence-corrected chi connectivity index (χ0v) is 15.2. The van der Waals surface area contributed by atoms with E-state index in [4.69, 9.17) is 0 Å². The SMILES string of the molecule is Cc1ccc(CNc2nccc(C(=O)Nc3ccccc3Br)n2)cc1. The van der Waals surface area contributed by atoms with Crippen LogP contribution < -0.4 is 10.6 Å². The first-order valence-electron chi connectivity index (χ1n) is 7.80. The number of halogens is 1. The summed E-state index contributed by atoms with van der Waals surface area (Å²) >= 11 is 3.41. The van der Waals surface area contributed by atoms with Crippen molar-refractivity contribution < 1.29 is 4.79 Å². The Bertz CT molecular complexity index is 881. The van der Waals surface area contributed by atoms with E-state index in [2.05, 4.69) is 48.7 Å². The molecule has 0 saturated heterocycles. The maximum Gasteiger partial charge on any atom is 0.274 e. The van der Waals surface area contributed by atoms with Crippen LogP contribution in [0.5, 0.6) is 0 Å². The molecule has 6 heteroatoms. The molecule has 2 N–H and O–H groups in total. The van der Waals surface area contributed by atoms with Crippen LogP contribution in [0.15, 0.2) is 65.3 Å². The number of carbonyl (C=O) groups excluding carboxylic acids is 1. The normalized spacial score (nSPS) is 10.3. The van der Waals surface area contributed by atoms with E-state index in [9.17, 15) is 4.79 Å². The van der Waals surface area contributed by atoms with Gasteiger partial charge in [0.2, 0.25) is 5.95 Å². The summed E-state index contributed by atoms with van der Waals surface area (Å²) in [6.45, 7) is 2.64. The number of benzene rings is 2. The van der Waals surface area contributed by atoms with Crippen molar-refractivity contribution in [3.05, 3.63) is 82.1 Å². The van der Waals surface area contributed by atoms with Gasteiger partial charge in [-0.1, -0.05) is 42.0 Å². The molecule has 0 aliphatic rings. The van der Waals surface area contributed by atoms with Crippen LogP contribution in [0, 0.1) is 6.92 Å². The first-order valence-corrected chi connectivity index (χ1v) is 8.59. The Balaban J connectivity index is 1.67. The van der Waals surface area contributed by atoms with E-state index in [-0.39, 0.29) is 5.91 Å². The molecule has 0 spiro atoms. The first-order chi connectivity index (χ1) is 12.1. The number of hydrogen-bond donors (Lipinski definition) is 2. The number of nitrogens with one attached hydrogen (secondary N) is 2. The minimum absolute atomic E-state index is 0.285. The van der Waals surface area contributed by atoms with Gasteiger partial charge in [-0.3, -0.25) is 4.79 Å². The second-order valence-electron chi connectivity index (χ2n) is 5.54.